The second-order valence-electron chi connectivity index (χ2n) is 9.60. The van der Waals surface area contributed by atoms with Crippen LogP contribution in [0.4, 0.5) is 11.5 Å². The Morgan fingerprint density at radius 1 is 1.10 bits per heavy atom. The van der Waals surface area contributed by atoms with Gasteiger partial charge >= 0.3 is 0 Å². The Bertz CT molecular complexity index is 1800. The zero-order valence-corrected chi connectivity index (χ0v) is 22.0. The highest BCUT2D eigenvalue weighted by atomic mass is 16.5. The molecule has 6 rings (SSSR count). The Labute approximate surface area is 231 Å². The highest BCUT2D eigenvalue weighted by Gasteiger charge is 2.23. The molecule has 2 aromatic carbocycles. The van der Waals surface area contributed by atoms with Crippen molar-refractivity contribution < 1.29 is 9.53 Å². The average Bonchev–Trinajstić information content (AvgIpc) is 3.45. The van der Waals surface area contributed by atoms with Gasteiger partial charge in [0.1, 0.15) is 30.0 Å². The standard InChI is InChI=1S/C31H27N7O2/c1-3-30(39)37-14-5-4-6-24(37)10-7-22-8-11-27-26(17-22)31(34-19-32-27)36-23-9-12-28(21(2)16-23)40-25-13-15-38-29(18-25)33-20-35-38/h3,8-9,11-13,15-20,24H,1,4-6,14H2,2H3,(H,32,34,36)/t24-/m0/s1. The number of carbonyl (C=O) groups excluding carboxylic acids is 1. The summed E-state index contributed by atoms with van der Waals surface area (Å²) in [5.41, 5.74) is 4.20. The van der Waals surface area contributed by atoms with Gasteiger partial charge in [-0.3, -0.25) is 4.79 Å². The lowest BCUT2D eigenvalue weighted by molar-refractivity contribution is -0.128. The number of rotatable bonds is 5. The van der Waals surface area contributed by atoms with Gasteiger partial charge in [-0.25, -0.2) is 19.5 Å². The number of nitrogens with zero attached hydrogens (tertiary/aromatic N) is 6. The maximum atomic E-state index is 12.3. The number of hydrogen-bond acceptors (Lipinski definition) is 7. The number of likely N-dealkylation sites (tertiary alicyclic amines) is 1. The van der Waals surface area contributed by atoms with Crippen molar-refractivity contribution in [1.29, 1.82) is 0 Å². The molecule has 3 aromatic heterocycles. The first-order valence-corrected chi connectivity index (χ1v) is 13.1. The smallest absolute Gasteiger partial charge is 0.246 e. The highest BCUT2D eigenvalue weighted by Crippen LogP contribution is 2.30. The first-order chi connectivity index (χ1) is 19.6. The number of nitrogens with one attached hydrogen (secondary N) is 1. The summed E-state index contributed by atoms with van der Waals surface area (Å²) in [4.78, 5) is 27.2. The van der Waals surface area contributed by atoms with Crippen molar-refractivity contribution >= 4 is 34.0 Å². The van der Waals surface area contributed by atoms with Crippen LogP contribution in [0.15, 0.2) is 80.0 Å². The SMILES string of the molecule is C=CC(=O)N1CCCC[C@H]1C#Cc1ccc2ncnc(Nc3ccc(Oc4ccn5ncnc5c4)c(C)c3)c2c1. The van der Waals surface area contributed by atoms with Gasteiger partial charge in [0, 0.05) is 35.4 Å². The molecule has 1 saturated heterocycles. The summed E-state index contributed by atoms with van der Waals surface area (Å²) in [5.74, 6) is 8.61. The van der Waals surface area contributed by atoms with Crippen LogP contribution in [-0.4, -0.2) is 48.0 Å². The van der Waals surface area contributed by atoms with Crippen molar-refractivity contribution in [2.75, 3.05) is 11.9 Å². The van der Waals surface area contributed by atoms with E-state index in [2.05, 4.69) is 43.8 Å². The molecule has 1 N–H and O–H groups in total. The predicted octanol–water partition coefficient (Wildman–Crippen LogP) is 5.44. The molecule has 0 unspecified atom stereocenters. The minimum atomic E-state index is -0.110. The summed E-state index contributed by atoms with van der Waals surface area (Å²) >= 11 is 0. The topological polar surface area (TPSA) is 97.5 Å². The van der Waals surface area contributed by atoms with Gasteiger partial charge in [0.15, 0.2) is 5.65 Å². The molecule has 40 heavy (non-hydrogen) atoms. The number of carbonyl (C=O) groups is 1. The van der Waals surface area contributed by atoms with E-state index in [0.29, 0.717) is 18.1 Å². The Kier molecular flexibility index (Phi) is 6.81. The van der Waals surface area contributed by atoms with Gasteiger partial charge in [0.25, 0.3) is 0 Å². The fourth-order valence-electron chi connectivity index (χ4n) is 4.83. The average molecular weight is 530 g/mol. The van der Waals surface area contributed by atoms with Crippen LogP contribution in [0.25, 0.3) is 16.6 Å². The number of aromatic nitrogens is 5. The number of anilines is 2. The van der Waals surface area contributed by atoms with Gasteiger partial charge in [0.2, 0.25) is 5.91 Å². The molecule has 5 aromatic rings. The molecule has 1 atom stereocenters. The van der Waals surface area contributed by atoms with Crippen LogP contribution >= 0.6 is 0 Å². The summed E-state index contributed by atoms with van der Waals surface area (Å²) < 4.78 is 7.79. The van der Waals surface area contributed by atoms with Gasteiger partial charge in [-0.05, 0) is 80.3 Å². The molecule has 0 bridgehead atoms. The normalized spacial score (nSPS) is 14.9. The molecule has 0 aliphatic carbocycles. The lowest BCUT2D eigenvalue weighted by atomic mass is 10.0. The maximum Gasteiger partial charge on any atom is 0.246 e. The highest BCUT2D eigenvalue weighted by molar-refractivity contribution is 5.91. The zero-order chi connectivity index (χ0) is 27.5. The minimum absolute atomic E-state index is 0.0690. The van der Waals surface area contributed by atoms with E-state index in [1.807, 2.05) is 66.6 Å². The van der Waals surface area contributed by atoms with Crippen molar-refractivity contribution in [2.45, 2.75) is 32.2 Å². The fraction of sp³-hybridized carbons (Fsp3) is 0.194. The number of pyridine rings is 1. The van der Waals surface area contributed by atoms with Gasteiger partial charge in [-0.2, -0.15) is 5.10 Å². The summed E-state index contributed by atoms with van der Waals surface area (Å²) in [6.45, 7) is 6.34. The van der Waals surface area contributed by atoms with Crippen LogP contribution in [0.1, 0.15) is 30.4 Å². The maximum absolute atomic E-state index is 12.3. The zero-order valence-electron chi connectivity index (χ0n) is 22.0. The van der Waals surface area contributed by atoms with E-state index < -0.39 is 0 Å². The Morgan fingerprint density at radius 2 is 2.02 bits per heavy atom. The molecule has 0 saturated carbocycles. The second kappa shape index (κ2) is 10.9. The molecular weight excluding hydrogens is 502 g/mol. The number of piperidine rings is 1. The summed E-state index contributed by atoms with van der Waals surface area (Å²) in [6.07, 6.45) is 9.14. The van der Waals surface area contributed by atoms with E-state index in [9.17, 15) is 4.79 Å². The van der Waals surface area contributed by atoms with E-state index in [4.69, 9.17) is 4.74 Å². The Hall–Kier alpha value is -5.23. The first-order valence-electron chi connectivity index (χ1n) is 13.1. The molecule has 9 heteroatoms. The summed E-state index contributed by atoms with van der Waals surface area (Å²) in [6, 6.07) is 15.3. The van der Waals surface area contributed by atoms with Crippen molar-refractivity contribution in [3.8, 4) is 23.3 Å². The minimum Gasteiger partial charge on any atom is -0.457 e. The molecule has 0 radical (unpaired) electrons. The third-order valence-electron chi connectivity index (χ3n) is 6.90. The lowest BCUT2D eigenvalue weighted by Crippen LogP contribution is -2.42. The number of hydrogen-bond donors (Lipinski definition) is 1. The van der Waals surface area contributed by atoms with Gasteiger partial charge in [0.05, 0.1) is 11.6 Å². The molecule has 1 aliphatic heterocycles. The number of amides is 1. The molecular formula is C31H27N7O2. The van der Waals surface area contributed by atoms with E-state index in [-0.39, 0.29) is 11.9 Å². The van der Waals surface area contributed by atoms with Crippen LogP contribution in [0.5, 0.6) is 11.5 Å². The van der Waals surface area contributed by atoms with Crippen molar-refractivity contribution in [3.63, 3.8) is 0 Å². The fourth-order valence-corrected chi connectivity index (χ4v) is 4.83. The van der Waals surface area contributed by atoms with Gasteiger partial charge in [-0.1, -0.05) is 18.4 Å². The number of ether oxygens (including phenoxy) is 1. The van der Waals surface area contributed by atoms with Crippen molar-refractivity contribution in [2.24, 2.45) is 0 Å². The van der Waals surface area contributed by atoms with E-state index in [1.54, 1.807) is 10.8 Å². The number of benzene rings is 2. The van der Waals surface area contributed by atoms with Crippen LogP contribution in [-0.2, 0) is 4.79 Å². The molecule has 4 heterocycles. The first kappa shape index (κ1) is 25.1. The van der Waals surface area contributed by atoms with E-state index in [0.717, 1.165) is 58.4 Å². The van der Waals surface area contributed by atoms with Crippen LogP contribution < -0.4 is 10.1 Å². The van der Waals surface area contributed by atoms with Crippen LogP contribution in [0.3, 0.4) is 0 Å². The van der Waals surface area contributed by atoms with E-state index >= 15 is 0 Å². The third-order valence-corrected chi connectivity index (χ3v) is 6.90. The Balaban J connectivity index is 1.23. The predicted molar refractivity (Wildman–Crippen MR) is 153 cm³/mol. The number of aryl methyl sites for hydroxylation is 1. The third kappa shape index (κ3) is 5.20. The molecule has 1 amide bonds. The monoisotopic (exact) mass is 529 g/mol. The van der Waals surface area contributed by atoms with Crippen LogP contribution in [0, 0.1) is 18.8 Å². The van der Waals surface area contributed by atoms with Gasteiger partial charge < -0.3 is 15.0 Å². The largest absolute Gasteiger partial charge is 0.457 e. The lowest BCUT2D eigenvalue weighted by Gasteiger charge is -2.31. The molecule has 1 aliphatic rings. The number of fused-ring (bicyclic) bond motifs is 2. The van der Waals surface area contributed by atoms with Crippen LogP contribution in [0.2, 0.25) is 0 Å². The molecule has 9 nitrogen and oxygen atoms in total. The molecule has 198 valence electrons. The quantitative estimate of drug-likeness (QED) is 0.239. The van der Waals surface area contributed by atoms with Gasteiger partial charge in [-0.15, -0.1) is 0 Å². The van der Waals surface area contributed by atoms with Crippen molar-refractivity contribution in [3.05, 3.63) is 91.2 Å². The van der Waals surface area contributed by atoms with E-state index in [1.165, 1.54) is 12.4 Å². The molecule has 0 spiro atoms. The molecule has 1 fully saturated rings. The second-order valence-corrected chi connectivity index (χ2v) is 9.60. The Morgan fingerprint density at radius 3 is 2.90 bits per heavy atom. The van der Waals surface area contributed by atoms with Crippen molar-refractivity contribution in [1.82, 2.24) is 29.5 Å². The summed E-state index contributed by atoms with van der Waals surface area (Å²) in [5, 5.41) is 8.39. The summed E-state index contributed by atoms with van der Waals surface area (Å²) in [7, 11) is 0.